The number of amides is 2. The van der Waals surface area contributed by atoms with Crippen molar-refractivity contribution in [1.82, 2.24) is 10.6 Å². The van der Waals surface area contributed by atoms with Gasteiger partial charge in [-0.15, -0.1) is 0 Å². The number of nitrogens with one attached hydrogen (secondary N) is 2. The van der Waals surface area contributed by atoms with Crippen molar-refractivity contribution < 1.29 is 19.5 Å². The zero-order valence-corrected chi connectivity index (χ0v) is 12.5. The van der Waals surface area contributed by atoms with Crippen LogP contribution in [0.4, 0.5) is 0 Å². The Morgan fingerprint density at radius 1 is 1.15 bits per heavy atom. The molecule has 116 valence electrons. The molecule has 0 heterocycles. The van der Waals surface area contributed by atoms with Gasteiger partial charge in [0, 0.05) is 0 Å². The minimum Gasteiger partial charge on any atom is -0.480 e. The highest BCUT2D eigenvalue weighted by molar-refractivity contribution is 5.91. The SMILES string of the molecule is CCC(C)C(N)C(=O)NC(C(=O)NCC(=O)O)C(C)C. The molecule has 0 bridgehead atoms. The fourth-order valence-corrected chi connectivity index (χ4v) is 1.57. The van der Waals surface area contributed by atoms with Gasteiger partial charge in [0.1, 0.15) is 12.6 Å². The summed E-state index contributed by atoms with van der Waals surface area (Å²) in [5.74, 6) is -2.22. The fraction of sp³-hybridized carbons (Fsp3) is 0.769. The van der Waals surface area contributed by atoms with Crippen molar-refractivity contribution in [1.29, 1.82) is 0 Å². The normalized spacial score (nSPS) is 15.3. The van der Waals surface area contributed by atoms with Crippen LogP contribution in [-0.4, -0.2) is 41.5 Å². The number of nitrogens with two attached hydrogens (primary N) is 1. The molecule has 0 aliphatic carbocycles. The van der Waals surface area contributed by atoms with Crippen LogP contribution in [0.25, 0.3) is 0 Å². The van der Waals surface area contributed by atoms with Crippen LogP contribution in [0, 0.1) is 11.8 Å². The van der Waals surface area contributed by atoms with Crippen LogP contribution in [-0.2, 0) is 14.4 Å². The van der Waals surface area contributed by atoms with Gasteiger partial charge in [0.05, 0.1) is 6.04 Å². The van der Waals surface area contributed by atoms with E-state index in [2.05, 4.69) is 10.6 Å². The van der Waals surface area contributed by atoms with E-state index in [9.17, 15) is 14.4 Å². The van der Waals surface area contributed by atoms with Crippen LogP contribution in [0.1, 0.15) is 34.1 Å². The maximum absolute atomic E-state index is 12.0. The van der Waals surface area contributed by atoms with Crippen LogP contribution < -0.4 is 16.4 Å². The summed E-state index contributed by atoms with van der Waals surface area (Å²) >= 11 is 0. The molecule has 0 rings (SSSR count). The lowest BCUT2D eigenvalue weighted by atomic mass is 9.97. The van der Waals surface area contributed by atoms with Gasteiger partial charge in [0.15, 0.2) is 0 Å². The van der Waals surface area contributed by atoms with Crippen molar-refractivity contribution in [3.63, 3.8) is 0 Å². The average Bonchev–Trinajstić information content (AvgIpc) is 2.39. The zero-order valence-electron chi connectivity index (χ0n) is 12.5. The second-order valence-corrected chi connectivity index (χ2v) is 5.25. The van der Waals surface area contributed by atoms with E-state index < -0.39 is 36.4 Å². The number of carbonyl (C=O) groups is 3. The molecule has 7 nitrogen and oxygen atoms in total. The van der Waals surface area contributed by atoms with Crippen molar-refractivity contribution in [3.8, 4) is 0 Å². The lowest BCUT2D eigenvalue weighted by Gasteiger charge is -2.25. The first kappa shape index (κ1) is 18.4. The Kier molecular flexibility index (Phi) is 7.83. The summed E-state index contributed by atoms with van der Waals surface area (Å²) in [5.41, 5.74) is 5.80. The number of rotatable bonds is 8. The standard InChI is InChI=1S/C13H25N3O4/c1-5-8(4)10(14)12(19)16-11(7(2)3)13(20)15-6-9(17)18/h7-8,10-11H,5-6,14H2,1-4H3,(H,15,20)(H,16,19)(H,17,18). The summed E-state index contributed by atoms with van der Waals surface area (Å²) in [7, 11) is 0. The topological polar surface area (TPSA) is 122 Å². The zero-order chi connectivity index (χ0) is 15.9. The summed E-state index contributed by atoms with van der Waals surface area (Å²) in [6.07, 6.45) is 0.756. The molecular formula is C13H25N3O4. The summed E-state index contributed by atoms with van der Waals surface area (Å²) in [6.45, 7) is 6.84. The minimum atomic E-state index is -1.14. The summed E-state index contributed by atoms with van der Waals surface area (Å²) in [5, 5.41) is 13.4. The number of carboxylic acid groups (broad SMARTS) is 1. The minimum absolute atomic E-state index is 0.00453. The van der Waals surface area contributed by atoms with Gasteiger partial charge >= 0.3 is 5.97 Å². The molecule has 7 heteroatoms. The third-order valence-corrected chi connectivity index (χ3v) is 3.22. The Morgan fingerprint density at radius 3 is 2.10 bits per heavy atom. The smallest absolute Gasteiger partial charge is 0.322 e. The van der Waals surface area contributed by atoms with Crippen molar-refractivity contribution in [3.05, 3.63) is 0 Å². The van der Waals surface area contributed by atoms with Gasteiger partial charge in [0.2, 0.25) is 11.8 Å². The number of carbonyl (C=O) groups excluding carboxylic acids is 2. The average molecular weight is 287 g/mol. The molecule has 0 aromatic carbocycles. The van der Waals surface area contributed by atoms with E-state index in [-0.39, 0.29) is 11.8 Å². The van der Waals surface area contributed by atoms with Gasteiger partial charge in [-0.2, -0.15) is 0 Å². The third kappa shape index (κ3) is 6.01. The first-order valence-electron chi connectivity index (χ1n) is 6.76. The van der Waals surface area contributed by atoms with Crippen LogP contribution in [0.2, 0.25) is 0 Å². The molecule has 2 amide bonds. The van der Waals surface area contributed by atoms with E-state index in [0.717, 1.165) is 6.42 Å². The Labute approximate surface area is 119 Å². The molecule has 0 aromatic rings. The molecule has 5 N–H and O–H groups in total. The molecule has 20 heavy (non-hydrogen) atoms. The van der Waals surface area contributed by atoms with Crippen molar-refractivity contribution >= 4 is 17.8 Å². The maximum atomic E-state index is 12.0. The highest BCUT2D eigenvalue weighted by Crippen LogP contribution is 2.07. The number of hydrogen-bond acceptors (Lipinski definition) is 4. The van der Waals surface area contributed by atoms with Gasteiger partial charge in [0.25, 0.3) is 0 Å². The second-order valence-electron chi connectivity index (χ2n) is 5.25. The highest BCUT2D eigenvalue weighted by atomic mass is 16.4. The number of carboxylic acids is 1. The largest absolute Gasteiger partial charge is 0.480 e. The second kappa shape index (κ2) is 8.52. The molecular weight excluding hydrogens is 262 g/mol. The molecule has 0 aromatic heterocycles. The van der Waals surface area contributed by atoms with E-state index >= 15 is 0 Å². The third-order valence-electron chi connectivity index (χ3n) is 3.22. The molecule has 0 saturated heterocycles. The predicted octanol–water partition coefficient (Wildman–Crippen LogP) is -0.299. The molecule has 0 spiro atoms. The van der Waals surface area contributed by atoms with Crippen LogP contribution in [0.3, 0.4) is 0 Å². The molecule has 0 radical (unpaired) electrons. The van der Waals surface area contributed by atoms with E-state index in [0.29, 0.717) is 0 Å². The van der Waals surface area contributed by atoms with E-state index in [1.807, 2.05) is 13.8 Å². The molecule has 0 saturated carbocycles. The molecule has 3 atom stereocenters. The Hall–Kier alpha value is -1.63. The first-order valence-corrected chi connectivity index (χ1v) is 6.76. The lowest BCUT2D eigenvalue weighted by Crippen LogP contribution is -2.55. The summed E-state index contributed by atoms with van der Waals surface area (Å²) in [6, 6.07) is -1.48. The first-order chi connectivity index (χ1) is 9.20. The quantitative estimate of drug-likeness (QED) is 0.488. The highest BCUT2D eigenvalue weighted by Gasteiger charge is 2.28. The van der Waals surface area contributed by atoms with E-state index in [1.165, 1.54) is 0 Å². The van der Waals surface area contributed by atoms with E-state index in [1.54, 1.807) is 13.8 Å². The van der Waals surface area contributed by atoms with Crippen LogP contribution in [0.15, 0.2) is 0 Å². The molecule has 0 fully saturated rings. The van der Waals surface area contributed by atoms with Gasteiger partial charge in [-0.05, 0) is 11.8 Å². The fourth-order valence-electron chi connectivity index (χ4n) is 1.57. The lowest BCUT2D eigenvalue weighted by molar-refractivity contribution is -0.138. The number of hydrogen-bond donors (Lipinski definition) is 4. The van der Waals surface area contributed by atoms with Crippen LogP contribution in [0.5, 0.6) is 0 Å². The number of aliphatic carboxylic acids is 1. The van der Waals surface area contributed by atoms with Gasteiger partial charge in [-0.3, -0.25) is 14.4 Å². The van der Waals surface area contributed by atoms with E-state index in [4.69, 9.17) is 10.8 Å². The van der Waals surface area contributed by atoms with Crippen molar-refractivity contribution in [2.75, 3.05) is 6.54 Å². The molecule has 3 unspecified atom stereocenters. The van der Waals surface area contributed by atoms with Crippen LogP contribution >= 0.6 is 0 Å². The summed E-state index contributed by atoms with van der Waals surface area (Å²) in [4.78, 5) is 34.3. The van der Waals surface area contributed by atoms with Gasteiger partial charge in [-0.1, -0.05) is 34.1 Å². The monoisotopic (exact) mass is 287 g/mol. The summed E-state index contributed by atoms with van der Waals surface area (Å²) < 4.78 is 0. The molecule has 0 aliphatic rings. The molecule has 0 aliphatic heterocycles. The maximum Gasteiger partial charge on any atom is 0.322 e. The van der Waals surface area contributed by atoms with Gasteiger partial charge in [-0.25, -0.2) is 0 Å². The van der Waals surface area contributed by atoms with Crippen molar-refractivity contribution in [2.24, 2.45) is 17.6 Å². The predicted molar refractivity (Wildman–Crippen MR) is 74.8 cm³/mol. The van der Waals surface area contributed by atoms with Crippen molar-refractivity contribution in [2.45, 2.75) is 46.2 Å². The Balaban J connectivity index is 4.65. The van der Waals surface area contributed by atoms with Gasteiger partial charge < -0.3 is 21.5 Å². The Morgan fingerprint density at radius 2 is 1.70 bits per heavy atom. The Bertz CT molecular complexity index is 358.